The minimum absolute atomic E-state index is 1.25. The Balaban J connectivity index is 5.26. The van der Waals surface area contributed by atoms with Gasteiger partial charge in [-0.2, -0.15) is 0 Å². The van der Waals surface area contributed by atoms with E-state index in [1.165, 1.54) is 62.4 Å². The maximum atomic E-state index is 2.90. The zero-order chi connectivity index (χ0) is 14.7. The summed E-state index contributed by atoms with van der Waals surface area (Å²) in [6.07, 6.45) is 5.55. The molecule has 0 spiro atoms. The summed E-state index contributed by atoms with van der Waals surface area (Å²) in [5.74, 6) is 0. The average Bonchev–Trinajstić information content (AvgIpc) is 2.44. The van der Waals surface area contributed by atoms with Gasteiger partial charge >= 0.3 is 125 Å². The van der Waals surface area contributed by atoms with E-state index in [9.17, 15) is 0 Å². The summed E-state index contributed by atoms with van der Waals surface area (Å²) in [7, 11) is 0. The SMILES string of the molecule is CCC[CH2][Ge]([CH2]CCC)([N](CC)CC)[N](CC)CC. The molecule has 0 aromatic rings. The summed E-state index contributed by atoms with van der Waals surface area (Å²) in [5, 5.41) is 3.03. The van der Waals surface area contributed by atoms with Gasteiger partial charge in [-0.15, -0.1) is 0 Å². The zero-order valence-electron chi connectivity index (χ0n) is 14.5. The Morgan fingerprint density at radius 3 is 1.11 bits per heavy atom. The van der Waals surface area contributed by atoms with E-state index in [-0.39, 0.29) is 0 Å². The molecule has 0 bridgehead atoms. The van der Waals surface area contributed by atoms with Crippen LogP contribution in [0.5, 0.6) is 0 Å². The van der Waals surface area contributed by atoms with E-state index in [2.05, 4.69) is 49.3 Å². The molecule has 0 rings (SSSR count). The summed E-state index contributed by atoms with van der Waals surface area (Å²) < 4.78 is 5.80. The molecule has 0 atom stereocenters. The van der Waals surface area contributed by atoms with Gasteiger partial charge in [0.15, 0.2) is 0 Å². The molecule has 2 nitrogen and oxygen atoms in total. The predicted octanol–water partition coefficient (Wildman–Crippen LogP) is 4.71. The van der Waals surface area contributed by atoms with Crippen LogP contribution in [0.2, 0.25) is 10.5 Å². The topological polar surface area (TPSA) is 6.48 Å². The molecule has 0 saturated carbocycles. The molecule has 0 aliphatic heterocycles. The first-order chi connectivity index (χ1) is 9.16. The third-order valence-corrected chi connectivity index (χ3v) is 17.0. The summed E-state index contributed by atoms with van der Waals surface area (Å²) in [4.78, 5) is 0. The molecule has 0 unspecified atom stereocenters. The fourth-order valence-corrected chi connectivity index (χ4v) is 16.3. The molecule has 0 N–H and O–H groups in total. The first-order valence-corrected chi connectivity index (χ1v) is 13.5. The van der Waals surface area contributed by atoms with Gasteiger partial charge in [0.25, 0.3) is 0 Å². The predicted molar refractivity (Wildman–Crippen MR) is 91.0 cm³/mol. The molecule has 0 amide bonds. The molecule has 0 fully saturated rings. The van der Waals surface area contributed by atoms with Crippen molar-refractivity contribution in [3.63, 3.8) is 0 Å². The second kappa shape index (κ2) is 11.2. The Hall–Kier alpha value is 0.463. The van der Waals surface area contributed by atoms with Gasteiger partial charge in [0.1, 0.15) is 0 Å². The van der Waals surface area contributed by atoms with E-state index in [0.29, 0.717) is 0 Å². The number of nitrogens with zero attached hydrogens (tertiary/aromatic N) is 2. The molecule has 0 saturated heterocycles. The van der Waals surface area contributed by atoms with Crippen molar-refractivity contribution < 1.29 is 0 Å². The summed E-state index contributed by atoms with van der Waals surface area (Å²) in [6, 6.07) is 0. The van der Waals surface area contributed by atoms with Crippen molar-refractivity contribution in [2.24, 2.45) is 0 Å². The number of hydrogen-bond donors (Lipinski definition) is 0. The van der Waals surface area contributed by atoms with Crippen molar-refractivity contribution in [3.05, 3.63) is 0 Å². The second-order valence-electron chi connectivity index (χ2n) is 5.53. The van der Waals surface area contributed by atoms with Crippen LogP contribution in [0.3, 0.4) is 0 Å². The van der Waals surface area contributed by atoms with E-state index in [1.807, 2.05) is 0 Å². The van der Waals surface area contributed by atoms with E-state index >= 15 is 0 Å². The normalized spacial score (nSPS) is 12.6. The Morgan fingerprint density at radius 2 is 0.895 bits per heavy atom. The summed E-state index contributed by atoms with van der Waals surface area (Å²) >= 11 is -2.04. The molecule has 0 aromatic heterocycles. The van der Waals surface area contributed by atoms with Crippen molar-refractivity contribution in [1.82, 2.24) is 7.71 Å². The molecule has 0 aromatic carbocycles. The summed E-state index contributed by atoms with van der Waals surface area (Å²) in [6.45, 7) is 19.2. The number of rotatable bonds is 12. The average molecular weight is 331 g/mol. The Kier molecular flexibility index (Phi) is 11.4. The molecular weight excluding hydrogens is 293 g/mol. The molecule has 0 heterocycles. The van der Waals surface area contributed by atoms with Crippen LogP contribution in [0.15, 0.2) is 0 Å². The van der Waals surface area contributed by atoms with Gasteiger partial charge in [0.05, 0.1) is 0 Å². The maximum absolute atomic E-state index is 2.90. The molecular formula is C16H38GeN2. The van der Waals surface area contributed by atoms with Crippen LogP contribution in [-0.4, -0.2) is 47.6 Å². The fourth-order valence-electron chi connectivity index (χ4n) is 3.50. The van der Waals surface area contributed by atoms with Gasteiger partial charge in [0.2, 0.25) is 0 Å². The first kappa shape index (κ1) is 19.5. The van der Waals surface area contributed by atoms with Gasteiger partial charge < -0.3 is 0 Å². The van der Waals surface area contributed by atoms with Crippen molar-refractivity contribution in [2.75, 3.05) is 26.2 Å². The van der Waals surface area contributed by atoms with Crippen LogP contribution >= 0.6 is 0 Å². The monoisotopic (exact) mass is 332 g/mol. The molecule has 19 heavy (non-hydrogen) atoms. The van der Waals surface area contributed by atoms with Crippen LogP contribution in [0.25, 0.3) is 0 Å². The Bertz CT molecular complexity index is 179. The quantitative estimate of drug-likeness (QED) is 0.478. The van der Waals surface area contributed by atoms with E-state index in [0.717, 1.165) is 0 Å². The van der Waals surface area contributed by atoms with Crippen molar-refractivity contribution in [2.45, 2.75) is 77.7 Å². The van der Waals surface area contributed by atoms with Crippen molar-refractivity contribution in [3.8, 4) is 0 Å². The number of hydrogen-bond acceptors (Lipinski definition) is 2. The Labute approximate surface area is 125 Å². The molecule has 0 aliphatic rings. The van der Waals surface area contributed by atoms with Crippen molar-refractivity contribution in [1.29, 1.82) is 0 Å². The minimum atomic E-state index is -2.04. The number of unbranched alkanes of at least 4 members (excludes halogenated alkanes) is 2. The Morgan fingerprint density at radius 1 is 0.579 bits per heavy atom. The van der Waals surface area contributed by atoms with Gasteiger partial charge in [-0.25, -0.2) is 0 Å². The van der Waals surface area contributed by atoms with Crippen LogP contribution < -0.4 is 0 Å². The molecule has 116 valence electrons. The second-order valence-corrected chi connectivity index (χ2v) is 14.4. The van der Waals surface area contributed by atoms with E-state index in [1.54, 1.807) is 0 Å². The van der Waals surface area contributed by atoms with Gasteiger partial charge in [-0.1, -0.05) is 0 Å². The van der Waals surface area contributed by atoms with Crippen LogP contribution in [-0.2, 0) is 0 Å². The fraction of sp³-hybridized carbons (Fsp3) is 1.00. The van der Waals surface area contributed by atoms with Crippen LogP contribution in [0.4, 0.5) is 0 Å². The van der Waals surface area contributed by atoms with E-state index in [4.69, 9.17) is 0 Å². The van der Waals surface area contributed by atoms with Gasteiger partial charge in [-0.05, 0) is 0 Å². The van der Waals surface area contributed by atoms with Gasteiger partial charge in [0, 0.05) is 0 Å². The van der Waals surface area contributed by atoms with Crippen LogP contribution in [0.1, 0.15) is 67.2 Å². The first-order valence-electron chi connectivity index (χ1n) is 8.66. The van der Waals surface area contributed by atoms with E-state index < -0.39 is 13.7 Å². The van der Waals surface area contributed by atoms with Crippen molar-refractivity contribution >= 4 is 13.7 Å². The summed E-state index contributed by atoms with van der Waals surface area (Å²) in [5.41, 5.74) is 0. The van der Waals surface area contributed by atoms with Gasteiger partial charge in [-0.3, -0.25) is 0 Å². The van der Waals surface area contributed by atoms with Crippen LogP contribution in [0, 0.1) is 0 Å². The third-order valence-electron chi connectivity index (χ3n) is 4.57. The zero-order valence-corrected chi connectivity index (χ0v) is 16.6. The standard InChI is InChI=1S/C16H38GeN2/c1-7-13-15-17(16-14-8-2,18(9-3)10-4)19(11-5)12-6/h7-16H2,1-6H3. The molecule has 0 aliphatic carbocycles. The molecule has 3 heteroatoms. The third kappa shape index (κ3) is 5.39. The molecule has 0 radical (unpaired) electrons.